The molecule has 2 aromatic rings. The zero-order chi connectivity index (χ0) is 16.0. The van der Waals surface area contributed by atoms with Crippen LogP contribution in [0.25, 0.3) is 11.1 Å². The van der Waals surface area contributed by atoms with E-state index < -0.39 is 0 Å². The molecule has 2 aliphatic heterocycles. The van der Waals surface area contributed by atoms with Crippen LogP contribution in [0.15, 0.2) is 42.5 Å². The van der Waals surface area contributed by atoms with Gasteiger partial charge in [-0.3, -0.25) is 4.79 Å². The summed E-state index contributed by atoms with van der Waals surface area (Å²) in [5.74, 6) is 0.295. The van der Waals surface area contributed by atoms with Gasteiger partial charge in [0.05, 0.1) is 11.6 Å². The lowest BCUT2D eigenvalue weighted by atomic mass is 9.81. The largest absolute Gasteiger partial charge is 0.347 e. The SMILES string of the molecule is CCc1cc(-c2ccccc2)c2c(c1)[C@H]1CN(Cl)C[C@@H]1NC2=O. The van der Waals surface area contributed by atoms with Crippen LogP contribution in [-0.2, 0) is 6.42 Å². The predicted octanol–water partition coefficient (Wildman–Crippen LogP) is 3.58. The lowest BCUT2D eigenvalue weighted by Gasteiger charge is -2.30. The van der Waals surface area contributed by atoms with Crippen molar-refractivity contribution in [3.8, 4) is 11.1 Å². The Kier molecular flexibility index (Phi) is 3.63. The molecule has 4 heteroatoms. The number of hydrogen-bond donors (Lipinski definition) is 1. The minimum Gasteiger partial charge on any atom is -0.347 e. The van der Waals surface area contributed by atoms with Crippen LogP contribution in [0.4, 0.5) is 0 Å². The summed E-state index contributed by atoms with van der Waals surface area (Å²) in [6.07, 6.45) is 0.955. The molecule has 1 saturated heterocycles. The van der Waals surface area contributed by atoms with Crippen LogP contribution in [-0.4, -0.2) is 29.5 Å². The van der Waals surface area contributed by atoms with E-state index in [1.807, 2.05) is 18.2 Å². The predicted molar refractivity (Wildman–Crippen MR) is 92.7 cm³/mol. The van der Waals surface area contributed by atoms with Gasteiger partial charge in [0.25, 0.3) is 5.91 Å². The van der Waals surface area contributed by atoms with Crippen LogP contribution in [0.5, 0.6) is 0 Å². The molecule has 2 aliphatic rings. The molecule has 1 fully saturated rings. The summed E-state index contributed by atoms with van der Waals surface area (Å²) in [5, 5.41) is 3.15. The number of carbonyl (C=O) groups is 1. The van der Waals surface area contributed by atoms with Gasteiger partial charge >= 0.3 is 0 Å². The molecule has 0 spiro atoms. The van der Waals surface area contributed by atoms with Crippen molar-refractivity contribution in [2.45, 2.75) is 25.3 Å². The lowest BCUT2D eigenvalue weighted by Crippen LogP contribution is -2.44. The number of benzene rings is 2. The Hall–Kier alpha value is -1.84. The molecular formula is C19H19ClN2O. The number of carbonyl (C=O) groups excluding carboxylic acids is 1. The number of rotatable bonds is 2. The van der Waals surface area contributed by atoms with Crippen molar-refractivity contribution in [1.82, 2.24) is 9.74 Å². The highest BCUT2D eigenvalue weighted by atomic mass is 35.5. The molecule has 2 heterocycles. The monoisotopic (exact) mass is 326 g/mol. The second-order valence-corrected chi connectivity index (χ2v) is 6.82. The van der Waals surface area contributed by atoms with Gasteiger partial charge in [0, 0.05) is 19.0 Å². The van der Waals surface area contributed by atoms with Gasteiger partial charge in [0.15, 0.2) is 0 Å². The molecule has 1 amide bonds. The van der Waals surface area contributed by atoms with Crippen LogP contribution in [0.1, 0.15) is 34.3 Å². The third-order valence-corrected chi connectivity index (χ3v) is 5.22. The van der Waals surface area contributed by atoms with Crippen LogP contribution in [0, 0.1) is 0 Å². The first-order chi connectivity index (χ1) is 11.2. The van der Waals surface area contributed by atoms with Crippen molar-refractivity contribution in [3.63, 3.8) is 0 Å². The third kappa shape index (κ3) is 2.44. The number of halogens is 1. The molecule has 0 bridgehead atoms. The fourth-order valence-electron chi connectivity index (χ4n) is 3.78. The molecule has 4 rings (SSSR count). The van der Waals surface area contributed by atoms with Crippen LogP contribution in [0.2, 0.25) is 0 Å². The zero-order valence-electron chi connectivity index (χ0n) is 13.1. The molecule has 2 aromatic carbocycles. The summed E-state index contributed by atoms with van der Waals surface area (Å²) in [6.45, 7) is 3.63. The van der Waals surface area contributed by atoms with Gasteiger partial charge in [0.2, 0.25) is 0 Å². The summed E-state index contributed by atoms with van der Waals surface area (Å²) in [5.41, 5.74) is 5.36. The van der Waals surface area contributed by atoms with Crippen LogP contribution in [0.3, 0.4) is 0 Å². The molecule has 23 heavy (non-hydrogen) atoms. The average Bonchev–Trinajstić information content (AvgIpc) is 2.95. The van der Waals surface area contributed by atoms with Crippen molar-refractivity contribution in [2.75, 3.05) is 13.1 Å². The Bertz CT molecular complexity index is 759. The number of amides is 1. The minimum absolute atomic E-state index is 0.0229. The maximum Gasteiger partial charge on any atom is 0.252 e. The number of nitrogens with one attached hydrogen (secondary N) is 1. The lowest BCUT2D eigenvalue weighted by molar-refractivity contribution is 0.0924. The topological polar surface area (TPSA) is 32.3 Å². The Morgan fingerprint density at radius 3 is 2.74 bits per heavy atom. The van der Waals surface area contributed by atoms with Crippen molar-refractivity contribution in [1.29, 1.82) is 0 Å². The van der Waals surface area contributed by atoms with Gasteiger partial charge in [-0.1, -0.05) is 49.4 Å². The molecule has 0 aromatic heterocycles. The average molecular weight is 327 g/mol. The molecule has 1 N–H and O–H groups in total. The first kappa shape index (κ1) is 14.7. The summed E-state index contributed by atoms with van der Waals surface area (Å²) in [4.78, 5) is 12.8. The van der Waals surface area contributed by atoms with Gasteiger partial charge in [0.1, 0.15) is 0 Å². The van der Waals surface area contributed by atoms with Gasteiger partial charge in [-0.15, -0.1) is 0 Å². The first-order valence-electron chi connectivity index (χ1n) is 8.11. The van der Waals surface area contributed by atoms with Crippen molar-refractivity contribution in [3.05, 3.63) is 59.2 Å². The van der Waals surface area contributed by atoms with E-state index >= 15 is 0 Å². The van der Waals surface area contributed by atoms with Gasteiger partial charge in [-0.2, -0.15) is 0 Å². The highest BCUT2D eigenvalue weighted by molar-refractivity contribution is 6.13. The van der Waals surface area contributed by atoms with E-state index in [0.717, 1.165) is 35.2 Å². The van der Waals surface area contributed by atoms with E-state index in [-0.39, 0.29) is 17.9 Å². The van der Waals surface area contributed by atoms with E-state index in [9.17, 15) is 4.79 Å². The van der Waals surface area contributed by atoms with Gasteiger partial charge < -0.3 is 5.32 Å². The van der Waals surface area contributed by atoms with E-state index in [1.165, 1.54) is 5.56 Å². The number of nitrogens with zero attached hydrogens (tertiary/aromatic N) is 1. The Morgan fingerprint density at radius 1 is 1.22 bits per heavy atom. The summed E-state index contributed by atoms with van der Waals surface area (Å²) in [7, 11) is 0. The molecule has 118 valence electrons. The first-order valence-corrected chi connectivity index (χ1v) is 8.45. The molecular weight excluding hydrogens is 308 g/mol. The Balaban J connectivity index is 1.94. The maximum atomic E-state index is 12.8. The van der Waals surface area contributed by atoms with E-state index in [0.29, 0.717) is 6.54 Å². The van der Waals surface area contributed by atoms with E-state index in [1.54, 1.807) is 4.42 Å². The summed E-state index contributed by atoms with van der Waals surface area (Å²) < 4.78 is 1.78. The van der Waals surface area contributed by atoms with E-state index in [2.05, 4.69) is 36.5 Å². The number of fused-ring (bicyclic) bond motifs is 3. The molecule has 3 nitrogen and oxygen atoms in total. The standard InChI is InChI=1S/C19H19ClN2O/c1-2-12-8-14(13-6-4-3-5-7-13)18-15(9-12)16-10-22(20)11-17(16)21-19(18)23/h3-9,16-17H,2,10-11H2,1H3,(H,21,23)/t16-,17+/m1/s1. The fourth-order valence-corrected chi connectivity index (χ4v) is 4.08. The van der Waals surface area contributed by atoms with E-state index in [4.69, 9.17) is 11.8 Å². The normalized spacial score (nSPS) is 23.3. The molecule has 0 saturated carbocycles. The minimum atomic E-state index is 0.0229. The zero-order valence-corrected chi connectivity index (χ0v) is 13.8. The smallest absolute Gasteiger partial charge is 0.252 e. The van der Waals surface area contributed by atoms with Crippen molar-refractivity contribution >= 4 is 17.7 Å². The number of hydrogen-bond acceptors (Lipinski definition) is 2. The van der Waals surface area contributed by atoms with Crippen LogP contribution < -0.4 is 5.32 Å². The Labute approximate surface area is 141 Å². The summed E-state index contributed by atoms with van der Waals surface area (Å²) in [6, 6.07) is 14.6. The molecule has 0 aliphatic carbocycles. The third-order valence-electron chi connectivity index (χ3n) is 4.94. The van der Waals surface area contributed by atoms with Gasteiger partial charge in [-0.05, 0) is 40.5 Å². The molecule has 0 unspecified atom stereocenters. The highest BCUT2D eigenvalue weighted by Gasteiger charge is 2.41. The highest BCUT2D eigenvalue weighted by Crippen LogP contribution is 2.39. The van der Waals surface area contributed by atoms with Crippen molar-refractivity contribution in [2.24, 2.45) is 0 Å². The van der Waals surface area contributed by atoms with Crippen molar-refractivity contribution < 1.29 is 4.79 Å². The maximum absolute atomic E-state index is 12.8. The van der Waals surface area contributed by atoms with Gasteiger partial charge in [-0.25, -0.2) is 4.42 Å². The summed E-state index contributed by atoms with van der Waals surface area (Å²) >= 11 is 6.21. The second-order valence-electron chi connectivity index (χ2n) is 6.34. The molecule has 0 radical (unpaired) electrons. The Morgan fingerprint density at radius 2 is 2.00 bits per heavy atom. The quantitative estimate of drug-likeness (QED) is 0.855. The molecule has 2 atom stereocenters. The van der Waals surface area contributed by atoms with Crippen LogP contribution >= 0.6 is 11.8 Å². The second kappa shape index (κ2) is 5.66. The number of aryl methyl sites for hydroxylation is 1. The fraction of sp³-hybridized carbons (Fsp3) is 0.316.